The molecule has 0 radical (unpaired) electrons. The molecule has 2 N–H and O–H groups in total. The fraction of sp³-hybridized carbons (Fsp3) is 0.588. The van der Waals surface area contributed by atoms with Gasteiger partial charge in [0.15, 0.2) is 0 Å². The van der Waals surface area contributed by atoms with Crippen LogP contribution in [0.3, 0.4) is 0 Å². The van der Waals surface area contributed by atoms with Gasteiger partial charge < -0.3 is 10.6 Å². The Labute approximate surface area is 121 Å². The molecule has 1 amide bonds. The maximum absolute atomic E-state index is 12.8. The molecule has 0 bridgehead atoms. The van der Waals surface area contributed by atoms with E-state index in [2.05, 4.69) is 36.1 Å². The van der Waals surface area contributed by atoms with Crippen LogP contribution in [0.25, 0.3) is 0 Å². The summed E-state index contributed by atoms with van der Waals surface area (Å²) in [5, 5.41) is 0. The molecular formula is C17H24N2O. The monoisotopic (exact) mass is 272 g/mol. The summed E-state index contributed by atoms with van der Waals surface area (Å²) in [6.07, 6.45) is 4.00. The molecule has 3 nitrogen and oxygen atoms in total. The predicted octanol–water partition coefficient (Wildman–Crippen LogP) is 1.99. The zero-order valence-electron chi connectivity index (χ0n) is 12.2. The van der Waals surface area contributed by atoms with Crippen molar-refractivity contribution in [2.24, 2.45) is 17.6 Å². The van der Waals surface area contributed by atoms with Crippen molar-refractivity contribution in [1.82, 2.24) is 4.90 Å². The van der Waals surface area contributed by atoms with E-state index in [1.165, 1.54) is 11.1 Å². The Kier molecular flexibility index (Phi) is 3.79. The van der Waals surface area contributed by atoms with Gasteiger partial charge in [-0.15, -0.1) is 0 Å². The van der Waals surface area contributed by atoms with Gasteiger partial charge in [-0.2, -0.15) is 0 Å². The molecular weight excluding hydrogens is 248 g/mol. The molecule has 3 unspecified atom stereocenters. The van der Waals surface area contributed by atoms with Crippen molar-refractivity contribution in [3.05, 3.63) is 35.4 Å². The van der Waals surface area contributed by atoms with Crippen LogP contribution in [-0.4, -0.2) is 29.9 Å². The van der Waals surface area contributed by atoms with Crippen LogP contribution in [0, 0.1) is 11.8 Å². The highest BCUT2D eigenvalue weighted by atomic mass is 16.2. The van der Waals surface area contributed by atoms with Crippen molar-refractivity contribution in [3.63, 3.8) is 0 Å². The topological polar surface area (TPSA) is 46.3 Å². The number of nitrogens with two attached hydrogens (primary N) is 1. The molecule has 2 aliphatic rings. The van der Waals surface area contributed by atoms with Crippen LogP contribution in [-0.2, 0) is 17.6 Å². The molecule has 1 heterocycles. The first-order valence-electron chi connectivity index (χ1n) is 7.76. The lowest BCUT2D eigenvalue weighted by Crippen LogP contribution is -2.40. The molecule has 3 heteroatoms. The number of fused-ring (bicyclic) bond motifs is 1. The Hall–Kier alpha value is -1.35. The normalized spacial score (nSPS) is 29.3. The number of likely N-dealkylation sites (tertiary alicyclic amines) is 1. The highest BCUT2D eigenvalue weighted by Crippen LogP contribution is 2.30. The molecule has 3 rings (SSSR count). The largest absolute Gasteiger partial charge is 0.339 e. The van der Waals surface area contributed by atoms with Gasteiger partial charge in [0.25, 0.3) is 0 Å². The second-order valence-corrected chi connectivity index (χ2v) is 6.39. The number of carbonyl (C=O) groups excluding carboxylic acids is 1. The Morgan fingerprint density at radius 3 is 2.80 bits per heavy atom. The third kappa shape index (κ3) is 2.47. The molecule has 108 valence electrons. The minimum absolute atomic E-state index is 0.170. The van der Waals surface area contributed by atoms with Crippen molar-refractivity contribution in [3.8, 4) is 0 Å². The first-order valence-corrected chi connectivity index (χ1v) is 7.76. The average molecular weight is 272 g/mol. The van der Waals surface area contributed by atoms with Gasteiger partial charge in [-0.1, -0.05) is 24.3 Å². The molecule has 1 aromatic carbocycles. The lowest BCUT2D eigenvalue weighted by Gasteiger charge is -2.30. The quantitative estimate of drug-likeness (QED) is 0.895. The number of hydrogen-bond donors (Lipinski definition) is 1. The third-order valence-electron chi connectivity index (χ3n) is 4.97. The molecule has 1 fully saturated rings. The van der Waals surface area contributed by atoms with E-state index in [0.717, 1.165) is 32.2 Å². The number of hydrogen-bond acceptors (Lipinski definition) is 2. The van der Waals surface area contributed by atoms with Gasteiger partial charge in [-0.3, -0.25) is 4.79 Å². The molecule has 3 atom stereocenters. The van der Waals surface area contributed by atoms with Gasteiger partial charge in [0, 0.05) is 18.5 Å². The molecule has 1 aliphatic heterocycles. The van der Waals surface area contributed by atoms with E-state index < -0.39 is 0 Å². The van der Waals surface area contributed by atoms with Crippen LogP contribution in [0.2, 0.25) is 0 Å². The summed E-state index contributed by atoms with van der Waals surface area (Å²) in [5.74, 6) is 1.01. The summed E-state index contributed by atoms with van der Waals surface area (Å²) >= 11 is 0. The molecule has 1 aliphatic carbocycles. The Bertz CT molecular complexity index is 500. The fourth-order valence-electron chi connectivity index (χ4n) is 3.76. The molecule has 1 saturated heterocycles. The van der Waals surface area contributed by atoms with E-state index in [4.69, 9.17) is 5.73 Å². The first kappa shape index (κ1) is 13.6. The van der Waals surface area contributed by atoms with Crippen LogP contribution in [0.15, 0.2) is 24.3 Å². The number of amides is 1. The van der Waals surface area contributed by atoms with Gasteiger partial charge in [0.1, 0.15) is 0 Å². The number of aryl methyl sites for hydroxylation is 1. The maximum Gasteiger partial charge on any atom is 0.226 e. The van der Waals surface area contributed by atoms with Gasteiger partial charge in [-0.25, -0.2) is 0 Å². The summed E-state index contributed by atoms with van der Waals surface area (Å²) in [4.78, 5) is 14.8. The summed E-state index contributed by atoms with van der Waals surface area (Å²) in [5.41, 5.74) is 8.54. The minimum atomic E-state index is 0.170. The molecule has 0 saturated carbocycles. The summed E-state index contributed by atoms with van der Waals surface area (Å²) in [6.45, 7) is 3.71. The Morgan fingerprint density at radius 2 is 2.10 bits per heavy atom. The Balaban J connectivity index is 1.70. The van der Waals surface area contributed by atoms with Crippen LogP contribution in [0.4, 0.5) is 0 Å². The third-order valence-corrected chi connectivity index (χ3v) is 4.97. The highest BCUT2D eigenvalue weighted by Gasteiger charge is 2.36. The number of benzene rings is 1. The highest BCUT2D eigenvalue weighted by molar-refractivity contribution is 5.80. The van der Waals surface area contributed by atoms with E-state index >= 15 is 0 Å². The number of rotatable bonds is 2. The lowest BCUT2D eigenvalue weighted by molar-refractivity contribution is -0.136. The van der Waals surface area contributed by atoms with Crippen molar-refractivity contribution in [2.45, 2.75) is 38.6 Å². The minimum Gasteiger partial charge on any atom is -0.339 e. The van der Waals surface area contributed by atoms with E-state index in [9.17, 15) is 4.79 Å². The second-order valence-electron chi connectivity index (χ2n) is 6.39. The predicted molar refractivity (Wildman–Crippen MR) is 80.3 cm³/mol. The second kappa shape index (κ2) is 5.57. The van der Waals surface area contributed by atoms with E-state index in [-0.39, 0.29) is 5.92 Å². The summed E-state index contributed by atoms with van der Waals surface area (Å²) in [7, 11) is 0. The SMILES string of the molecule is CC1CC(CN)CN1C(=O)C1CCc2ccccc2C1. The summed E-state index contributed by atoms with van der Waals surface area (Å²) < 4.78 is 0. The molecule has 1 aromatic rings. The molecule has 0 spiro atoms. The van der Waals surface area contributed by atoms with Crippen LogP contribution in [0.1, 0.15) is 30.9 Å². The van der Waals surface area contributed by atoms with Gasteiger partial charge in [0.2, 0.25) is 5.91 Å². The number of nitrogens with zero attached hydrogens (tertiary/aromatic N) is 1. The first-order chi connectivity index (χ1) is 9.69. The average Bonchev–Trinajstić information content (AvgIpc) is 2.87. The maximum atomic E-state index is 12.8. The van der Waals surface area contributed by atoms with Crippen molar-refractivity contribution in [1.29, 1.82) is 0 Å². The van der Waals surface area contributed by atoms with E-state index in [1.54, 1.807) is 0 Å². The van der Waals surface area contributed by atoms with Crippen LogP contribution >= 0.6 is 0 Å². The molecule has 0 aromatic heterocycles. The van der Waals surface area contributed by atoms with Gasteiger partial charge in [0.05, 0.1) is 0 Å². The van der Waals surface area contributed by atoms with Gasteiger partial charge >= 0.3 is 0 Å². The van der Waals surface area contributed by atoms with Crippen molar-refractivity contribution in [2.75, 3.05) is 13.1 Å². The Morgan fingerprint density at radius 1 is 1.35 bits per heavy atom. The van der Waals surface area contributed by atoms with Crippen LogP contribution < -0.4 is 5.73 Å². The fourth-order valence-corrected chi connectivity index (χ4v) is 3.76. The van der Waals surface area contributed by atoms with Crippen LogP contribution in [0.5, 0.6) is 0 Å². The lowest BCUT2D eigenvalue weighted by atomic mass is 9.83. The zero-order chi connectivity index (χ0) is 14.1. The van der Waals surface area contributed by atoms with E-state index in [0.29, 0.717) is 24.4 Å². The van der Waals surface area contributed by atoms with E-state index in [1.807, 2.05) is 0 Å². The van der Waals surface area contributed by atoms with Gasteiger partial charge in [-0.05, 0) is 56.2 Å². The smallest absolute Gasteiger partial charge is 0.226 e. The molecule has 20 heavy (non-hydrogen) atoms. The van der Waals surface area contributed by atoms with Crippen molar-refractivity contribution >= 4 is 5.91 Å². The summed E-state index contributed by atoms with van der Waals surface area (Å²) in [6, 6.07) is 8.89. The van der Waals surface area contributed by atoms with Crippen molar-refractivity contribution < 1.29 is 4.79 Å². The zero-order valence-corrected chi connectivity index (χ0v) is 12.2. The standard InChI is InChI=1S/C17H24N2O/c1-12-8-13(10-18)11-19(12)17(20)16-7-6-14-4-2-3-5-15(14)9-16/h2-5,12-13,16H,6-11,18H2,1H3. The number of carbonyl (C=O) groups is 1.